The van der Waals surface area contributed by atoms with Gasteiger partial charge in [-0.15, -0.1) is 11.3 Å². The van der Waals surface area contributed by atoms with Crippen molar-refractivity contribution >= 4 is 43.2 Å². The molecule has 9 heteroatoms. The van der Waals surface area contributed by atoms with E-state index in [9.17, 15) is 13.2 Å². The summed E-state index contributed by atoms with van der Waals surface area (Å²) in [4.78, 5) is 15.2. The van der Waals surface area contributed by atoms with Gasteiger partial charge in [-0.1, -0.05) is 0 Å². The molecule has 21 heavy (non-hydrogen) atoms. The number of thiophene rings is 1. The van der Waals surface area contributed by atoms with Crippen LogP contribution in [-0.4, -0.2) is 75.2 Å². The van der Waals surface area contributed by atoms with Gasteiger partial charge in [0.25, 0.3) is 10.0 Å². The molecule has 1 aromatic heterocycles. The summed E-state index contributed by atoms with van der Waals surface area (Å²) in [5.74, 6) is 0.0356. The Morgan fingerprint density at radius 2 is 1.90 bits per heavy atom. The third kappa shape index (κ3) is 4.04. The second-order valence-corrected chi connectivity index (χ2v) is 9.65. The van der Waals surface area contributed by atoms with Gasteiger partial charge >= 0.3 is 0 Å². The summed E-state index contributed by atoms with van der Waals surface area (Å²) in [6.07, 6.45) is 0. The van der Waals surface area contributed by atoms with Crippen LogP contribution in [0.5, 0.6) is 0 Å². The predicted molar refractivity (Wildman–Crippen MR) is 85.9 cm³/mol. The molecule has 1 aliphatic rings. The maximum atomic E-state index is 12.5. The van der Waals surface area contributed by atoms with Crippen molar-refractivity contribution in [3.05, 3.63) is 15.9 Å². The Kier molecular flexibility index (Phi) is 5.42. The number of likely N-dealkylation sites (N-methyl/N-ethyl adjacent to an activating group) is 1. The van der Waals surface area contributed by atoms with Crippen LogP contribution in [0.3, 0.4) is 0 Å². The Morgan fingerprint density at radius 1 is 1.29 bits per heavy atom. The van der Waals surface area contributed by atoms with Gasteiger partial charge in [0.1, 0.15) is 4.21 Å². The predicted octanol–water partition coefficient (Wildman–Crippen LogP) is 0.905. The van der Waals surface area contributed by atoms with Gasteiger partial charge in [-0.3, -0.25) is 9.69 Å². The lowest BCUT2D eigenvalue weighted by Gasteiger charge is -2.33. The monoisotopic (exact) mass is 395 g/mol. The smallest absolute Gasteiger partial charge is 0.252 e. The van der Waals surface area contributed by atoms with Crippen LogP contribution < -0.4 is 0 Å². The van der Waals surface area contributed by atoms with E-state index >= 15 is 0 Å². The molecule has 0 unspecified atom stereocenters. The summed E-state index contributed by atoms with van der Waals surface area (Å²) >= 11 is 4.50. The van der Waals surface area contributed by atoms with Crippen LogP contribution in [0.15, 0.2) is 20.1 Å². The van der Waals surface area contributed by atoms with Crippen LogP contribution >= 0.6 is 27.3 Å². The highest BCUT2D eigenvalue weighted by molar-refractivity contribution is 9.11. The number of hydrogen-bond donors (Lipinski definition) is 0. The van der Waals surface area contributed by atoms with Crippen molar-refractivity contribution < 1.29 is 13.2 Å². The van der Waals surface area contributed by atoms with Crippen molar-refractivity contribution in [2.75, 3.05) is 46.8 Å². The molecule has 1 aromatic rings. The van der Waals surface area contributed by atoms with Crippen LogP contribution in [0.1, 0.15) is 0 Å². The Balaban J connectivity index is 1.96. The van der Waals surface area contributed by atoms with Gasteiger partial charge in [0.15, 0.2) is 0 Å². The highest BCUT2D eigenvalue weighted by atomic mass is 79.9. The molecular formula is C12H18BrN3O3S2. The van der Waals surface area contributed by atoms with Crippen LogP contribution in [0.4, 0.5) is 0 Å². The molecule has 0 bridgehead atoms. The molecule has 0 aromatic carbocycles. The van der Waals surface area contributed by atoms with Gasteiger partial charge in [-0.2, -0.15) is 4.31 Å². The Hall–Kier alpha value is -0.480. The normalized spacial score (nSPS) is 17.9. The summed E-state index contributed by atoms with van der Waals surface area (Å²) in [6, 6.07) is 3.36. The molecule has 6 nitrogen and oxygen atoms in total. The van der Waals surface area contributed by atoms with Crippen molar-refractivity contribution in [2.45, 2.75) is 4.21 Å². The summed E-state index contributed by atoms with van der Waals surface area (Å²) in [5, 5.41) is 0. The van der Waals surface area contributed by atoms with E-state index in [2.05, 4.69) is 15.9 Å². The Bertz CT molecular complexity index is 607. The first kappa shape index (κ1) is 16.9. The van der Waals surface area contributed by atoms with E-state index in [-0.39, 0.29) is 5.91 Å². The topological polar surface area (TPSA) is 60.9 Å². The lowest BCUT2D eigenvalue weighted by Crippen LogP contribution is -2.50. The maximum absolute atomic E-state index is 12.5. The van der Waals surface area contributed by atoms with E-state index in [0.717, 1.165) is 3.79 Å². The molecule has 1 saturated heterocycles. The number of rotatable bonds is 4. The van der Waals surface area contributed by atoms with Gasteiger partial charge in [-0.25, -0.2) is 8.42 Å². The molecule has 0 spiro atoms. The van der Waals surface area contributed by atoms with Crippen LogP contribution in [0.25, 0.3) is 0 Å². The molecule has 0 atom stereocenters. The first-order chi connectivity index (χ1) is 9.80. The highest BCUT2D eigenvalue weighted by Crippen LogP contribution is 2.28. The largest absolute Gasteiger partial charge is 0.348 e. The zero-order chi connectivity index (χ0) is 15.6. The first-order valence-corrected chi connectivity index (χ1v) is 9.53. The summed E-state index contributed by atoms with van der Waals surface area (Å²) in [5.41, 5.74) is 0. The Labute approximate surface area is 137 Å². The van der Waals surface area contributed by atoms with Crippen LogP contribution in [-0.2, 0) is 14.8 Å². The zero-order valence-corrected chi connectivity index (χ0v) is 15.2. The van der Waals surface area contributed by atoms with E-state index in [0.29, 0.717) is 36.9 Å². The van der Waals surface area contributed by atoms with Gasteiger partial charge in [0.2, 0.25) is 5.91 Å². The molecule has 1 fully saturated rings. The molecule has 2 rings (SSSR count). The standard InChI is InChI=1S/C12H18BrN3O3S2/c1-14(2)11(17)9-15-5-7-16(8-6-15)21(18,19)12-4-3-10(13)20-12/h3-4H,5-9H2,1-2H3. The molecule has 0 saturated carbocycles. The second kappa shape index (κ2) is 6.74. The average Bonchev–Trinajstić information content (AvgIpc) is 2.86. The number of halogens is 1. The van der Waals surface area contributed by atoms with Crippen molar-refractivity contribution in [3.63, 3.8) is 0 Å². The fraction of sp³-hybridized carbons (Fsp3) is 0.583. The number of nitrogens with zero attached hydrogens (tertiary/aromatic N) is 3. The zero-order valence-electron chi connectivity index (χ0n) is 12.0. The molecule has 2 heterocycles. The number of carbonyl (C=O) groups excluding carboxylic acids is 1. The fourth-order valence-electron chi connectivity index (χ4n) is 2.02. The van der Waals surface area contributed by atoms with Crippen molar-refractivity contribution in [1.29, 1.82) is 0 Å². The fourth-order valence-corrected chi connectivity index (χ4v) is 5.61. The molecule has 1 amide bonds. The lowest BCUT2D eigenvalue weighted by atomic mass is 10.3. The lowest BCUT2D eigenvalue weighted by molar-refractivity contribution is -0.130. The maximum Gasteiger partial charge on any atom is 0.252 e. The van der Waals surface area contributed by atoms with E-state index in [1.165, 1.54) is 15.6 Å². The number of sulfonamides is 1. The minimum absolute atomic E-state index is 0.0356. The van der Waals surface area contributed by atoms with Crippen molar-refractivity contribution in [1.82, 2.24) is 14.1 Å². The highest BCUT2D eigenvalue weighted by Gasteiger charge is 2.30. The van der Waals surface area contributed by atoms with Gasteiger partial charge in [0, 0.05) is 40.3 Å². The quantitative estimate of drug-likeness (QED) is 0.759. The summed E-state index contributed by atoms with van der Waals surface area (Å²) in [6.45, 7) is 2.32. The number of piperazine rings is 1. The second-order valence-electron chi connectivity index (χ2n) is 5.03. The molecule has 118 valence electrons. The molecular weight excluding hydrogens is 378 g/mol. The van der Waals surface area contributed by atoms with Gasteiger partial charge in [-0.05, 0) is 28.1 Å². The van der Waals surface area contributed by atoms with E-state index in [4.69, 9.17) is 0 Å². The van der Waals surface area contributed by atoms with Crippen molar-refractivity contribution in [2.24, 2.45) is 0 Å². The molecule has 0 N–H and O–H groups in total. The number of carbonyl (C=O) groups is 1. The summed E-state index contributed by atoms with van der Waals surface area (Å²) in [7, 11) is 0.0303. The average molecular weight is 396 g/mol. The van der Waals surface area contributed by atoms with Crippen LogP contribution in [0, 0.1) is 0 Å². The first-order valence-electron chi connectivity index (χ1n) is 6.48. The minimum atomic E-state index is -3.41. The minimum Gasteiger partial charge on any atom is -0.348 e. The third-order valence-electron chi connectivity index (χ3n) is 3.33. The number of amides is 1. The molecule has 0 aliphatic carbocycles. The van der Waals surface area contributed by atoms with Crippen molar-refractivity contribution in [3.8, 4) is 0 Å². The van der Waals surface area contributed by atoms with E-state index < -0.39 is 10.0 Å². The Morgan fingerprint density at radius 3 is 2.38 bits per heavy atom. The van der Waals surface area contributed by atoms with Gasteiger partial charge in [0.05, 0.1) is 10.3 Å². The van der Waals surface area contributed by atoms with E-state index in [1.54, 1.807) is 31.1 Å². The number of hydrogen-bond acceptors (Lipinski definition) is 5. The molecule has 0 radical (unpaired) electrons. The van der Waals surface area contributed by atoms with Crippen LogP contribution in [0.2, 0.25) is 0 Å². The third-order valence-corrected chi connectivity index (χ3v) is 7.32. The molecule has 1 aliphatic heterocycles. The van der Waals surface area contributed by atoms with E-state index in [1.807, 2.05) is 4.90 Å². The summed E-state index contributed by atoms with van der Waals surface area (Å²) < 4.78 is 27.6. The van der Waals surface area contributed by atoms with Gasteiger partial charge < -0.3 is 4.90 Å². The SMILES string of the molecule is CN(C)C(=O)CN1CCN(S(=O)(=O)c2ccc(Br)s2)CC1.